The third-order valence-electron chi connectivity index (χ3n) is 3.70. The maximum absolute atomic E-state index is 13.7. The number of amides is 1. The summed E-state index contributed by atoms with van der Waals surface area (Å²) in [5.74, 6) is -1.65. The molecule has 1 amide bonds. The van der Waals surface area contributed by atoms with Crippen LogP contribution < -0.4 is 5.32 Å². The molecule has 7 nitrogen and oxygen atoms in total. The van der Waals surface area contributed by atoms with Crippen molar-refractivity contribution in [2.75, 3.05) is 6.61 Å². The van der Waals surface area contributed by atoms with Crippen molar-refractivity contribution in [3.8, 4) is 11.3 Å². The van der Waals surface area contributed by atoms with Gasteiger partial charge in [-0.05, 0) is 24.3 Å². The Morgan fingerprint density at radius 2 is 2.07 bits per heavy atom. The van der Waals surface area contributed by atoms with Crippen LogP contribution in [0.5, 0.6) is 0 Å². The lowest BCUT2D eigenvalue weighted by Gasteiger charge is -2.05. The topological polar surface area (TPSA) is 94.6 Å². The molecule has 2 heterocycles. The predicted molar refractivity (Wildman–Crippen MR) is 91.7 cm³/mol. The summed E-state index contributed by atoms with van der Waals surface area (Å²) in [6.07, 6.45) is 2.81. The Hall–Kier alpha value is -3.49. The minimum Gasteiger partial charge on any atom is -0.467 e. The van der Waals surface area contributed by atoms with Crippen molar-refractivity contribution in [2.24, 2.45) is 0 Å². The van der Waals surface area contributed by atoms with Crippen molar-refractivity contribution in [2.45, 2.75) is 19.4 Å². The fourth-order valence-corrected chi connectivity index (χ4v) is 2.32. The van der Waals surface area contributed by atoms with Crippen LogP contribution in [0.1, 0.15) is 18.1 Å². The molecule has 0 unspecified atom stereocenters. The number of aromatic nitrogens is 1. The molecule has 28 heavy (non-hydrogen) atoms. The van der Waals surface area contributed by atoms with E-state index >= 15 is 0 Å². The van der Waals surface area contributed by atoms with Crippen molar-refractivity contribution in [1.29, 1.82) is 0 Å². The number of hydrogen-bond donors (Lipinski definition) is 1. The molecule has 3 aromatic rings. The molecular formula is C19H16F2N2O5. The maximum atomic E-state index is 13.7. The molecule has 1 N–H and O–H groups in total. The summed E-state index contributed by atoms with van der Waals surface area (Å²) in [7, 11) is 0. The monoisotopic (exact) mass is 390 g/mol. The first kappa shape index (κ1) is 19.3. The highest BCUT2D eigenvalue weighted by molar-refractivity contribution is 5.80. The molecule has 0 aliphatic rings. The fraction of sp³-hybridized carbons (Fsp3) is 0.211. The number of nitrogens with zero attached hydrogens (tertiary/aromatic N) is 1. The Morgan fingerprint density at radius 1 is 1.21 bits per heavy atom. The van der Waals surface area contributed by atoms with Crippen molar-refractivity contribution in [3.05, 3.63) is 66.1 Å². The van der Waals surface area contributed by atoms with Crippen LogP contribution >= 0.6 is 0 Å². The van der Waals surface area contributed by atoms with Gasteiger partial charge >= 0.3 is 5.97 Å². The number of hydrogen-bond acceptors (Lipinski definition) is 6. The number of esters is 1. The van der Waals surface area contributed by atoms with Gasteiger partial charge in [0.25, 0.3) is 5.91 Å². The van der Waals surface area contributed by atoms with Gasteiger partial charge < -0.3 is 18.9 Å². The maximum Gasteiger partial charge on any atom is 0.306 e. The molecular weight excluding hydrogens is 374 g/mol. The van der Waals surface area contributed by atoms with Crippen molar-refractivity contribution >= 4 is 11.9 Å². The number of nitrogens with one attached hydrogen (secondary N) is 1. The molecule has 0 aliphatic carbocycles. The molecule has 3 rings (SSSR count). The van der Waals surface area contributed by atoms with E-state index in [9.17, 15) is 18.4 Å². The van der Waals surface area contributed by atoms with Crippen LogP contribution in [-0.4, -0.2) is 23.5 Å². The number of carbonyl (C=O) groups excluding carboxylic acids is 2. The Balaban J connectivity index is 1.42. The van der Waals surface area contributed by atoms with Crippen molar-refractivity contribution in [3.63, 3.8) is 0 Å². The van der Waals surface area contributed by atoms with E-state index in [2.05, 4.69) is 10.3 Å². The second kappa shape index (κ2) is 8.94. The summed E-state index contributed by atoms with van der Waals surface area (Å²) in [6.45, 7) is -0.223. The number of carbonyl (C=O) groups is 2. The molecule has 0 aliphatic heterocycles. The average molecular weight is 390 g/mol. The molecule has 0 saturated carbocycles. The SMILES string of the molecule is O=C(COC(=O)CCc1ncc(-c2ccc(F)cc2F)o1)NCc1ccco1. The van der Waals surface area contributed by atoms with Gasteiger partial charge in [-0.1, -0.05) is 0 Å². The summed E-state index contributed by atoms with van der Waals surface area (Å²) in [5.41, 5.74) is 0.0657. The van der Waals surface area contributed by atoms with Gasteiger partial charge in [0.15, 0.2) is 18.3 Å². The number of furan rings is 1. The summed E-state index contributed by atoms with van der Waals surface area (Å²) in [5, 5.41) is 2.54. The molecule has 9 heteroatoms. The van der Waals surface area contributed by atoms with Crippen LogP contribution in [0.4, 0.5) is 8.78 Å². The minimum absolute atomic E-state index is 0.0657. The summed E-state index contributed by atoms with van der Waals surface area (Å²) in [4.78, 5) is 27.3. The number of rotatable bonds is 8. The first-order chi connectivity index (χ1) is 13.5. The predicted octanol–water partition coefficient (Wildman–Crippen LogP) is 3.01. The largest absolute Gasteiger partial charge is 0.467 e. The highest BCUT2D eigenvalue weighted by Crippen LogP contribution is 2.24. The van der Waals surface area contributed by atoms with Gasteiger partial charge in [0, 0.05) is 12.5 Å². The van der Waals surface area contributed by atoms with Crippen LogP contribution in [0, 0.1) is 11.6 Å². The Morgan fingerprint density at radius 3 is 2.82 bits per heavy atom. The Kier molecular flexibility index (Phi) is 6.15. The lowest BCUT2D eigenvalue weighted by atomic mass is 10.2. The van der Waals surface area contributed by atoms with Crippen molar-refractivity contribution < 1.29 is 31.9 Å². The van der Waals surface area contributed by atoms with E-state index in [0.29, 0.717) is 5.76 Å². The zero-order chi connectivity index (χ0) is 19.9. The van der Waals surface area contributed by atoms with Gasteiger partial charge in [0.1, 0.15) is 17.4 Å². The van der Waals surface area contributed by atoms with E-state index in [1.807, 2.05) is 0 Å². The number of halogens is 2. The van der Waals surface area contributed by atoms with Crippen molar-refractivity contribution in [1.82, 2.24) is 10.3 Å². The Labute approximate surface area is 158 Å². The van der Waals surface area contributed by atoms with Gasteiger partial charge in [-0.3, -0.25) is 9.59 Å². The molecule has 1 aromatic carbocycles. The van der Waals surface area contributed by atoms with Gasteiger partial charge in [0.05, 0.1) is 31.0 Å². The van der Waals surface area contributed by atoms with Gasteiger partial charge in [0.2, 0.25) is 0 Å². The fourth-order valence-electron chi connectivity index (χ4n) is 2.32. The zero-order valence-electron chi connectivity index (χ0n) is 14.6. The normalized spacial score (nSPS) is 10.6. The number of benzene rings is 1. The third kappa shape index (κ3) is 5.26. The summed E-state index contributed by atoms with van der Waals surface area (Å²) >= 11 is 0. The van der Waals surface area contributed by atoms with Gasteiger partial charge in [-0.25, -0.2) is 13.8 Å². The van der Waals surface area contributed by atoms with E-state index < -0.39 is 30.1 Å². The molecule has 2 aromatic heterocycles. The van der Waals surface area contributed by atoms with Gasteiger partial charge in [-0.2, -0.15) is 0 Å². The molecule has 0 fully saturated rings. The van der Waals surface area contributed by atoms with Crippen LogP contribution in [-0.2, 0) is 27.3 Å². The van der Waals surface area contributed by atoms with E-state index in [1.165, 1.54) is 18.5 Å². The average Bonchev–Trinajstić information content (AvgIpc) is 3.35. The van der Waals surface area contributed by atoms with Crippen LogP contribution in [0.3, 0.4) is 0 Å². The standard InChI is InChI=1S/C19H16F2N2O5/c20-12-3-4-14(15(21)8-12)16-10-23-18(28-16)5-6-19(25)27-11-17(24)22-9-13-2-1-7-26-13/h1-4,7-8,10H,5-6,9,11H2,(H,22,24). The molecule has 146 valence electrons. The minimum atomic E-state index is -0.775. The van der Waals surface area contributed by atoms with Gasteiger partial charge in [-0.15, -0.1) is 0 Å². The molecule has 0 bridgehead atoms. The smallest absolute Gasteiger partial charge is 0.306 e. The van der Waals surface area contributed by atoms with Crippen LogP contribution in [0.15, 0.2) is 51.6 Å². The van der Waals surface area contributed by atoms with Crippen LogP contribution in [0.2, 0.25) is 0 Å². The highest BCUT2D eigenvalue weighted by atomic mass is 19.1. The van der Waals surface area contributed by atoms with E-state index in [4.69, 9.17) is 13.6 Å². The second-order valence-electron chi connectivity index (χ2n) is 5.76. The third-order valence-corrected chi connectivity index (χ3v) is 3.70. The van der Waals surface area contributed by atoms with E-state index in [0.717, 1.165) is 12.1 Å². The summed E-state index contributed by atoms with van der Waals surface area (Å²) in [6, 6.07) is 6.49. The van der Waals surface area contributed by atoms with E-state index in [1.54, 1.807) is 12.1 Å². The first-order valence-corrected chi connectivity index (χ1v) is 8.36. The number of oxazole rings is 1. The lowest BCUT2D eigenvalue weighted by molar-refractivity contribution is -0.148. The second-order valence-corrected chi connectivity index (χ2v) is 5.76. The first-order valence-electron chi connectivity index (χ1n) is 8.36. The van der Waals surface area contributed by atoms with Crippen LogP contribution in [0.25, 0.3) is 11.3 Å². The zero-order valence-corrected chi connectivity index (χ0v) is 14.6. The number of ether oxygens (including phenoxy) is 1. The molecule has 0 atom stereocenters. The number of aryl methyl sites for hydroxylation is 1. The lowest BCUT2D eigenvalue weighted by Crippen LogP contribution is -2.28. The Bertz CT molecular complexity index is 953. The molecule has 0 spiro atoms. The van der Waals surface area contributed by atoms with E-state index in [-0.39, 0.29) is 36.6 Å². The highest BCUT2D eigenvalue weighted by Gasteiger charge is 2.14. The molecule has 0 saturated heterocycles. The molecule has 0 radical (unpaired) electrons. The summed E-state index contributed by atoms with van der Waals surface area (Å²) < 4.78 is 42.0. The quantitative estimate of drug-likeness (QED) is 0.594.